The van der Waals surface area contributed by atoms with E-state index in [4.69, 9.17) is 0 Å². The van der Waals surface area contributed by atoms with Gasteiger partial charge in [-0.3, -0.25) is 4.79 Å². The van der Waals surface area contributed by atoms with Crippen molar-refractivity contribution in [2.24, 2.45) is 0 Å². The van der Waals surface area contributed by atoms with Crippen LogP contribution in [0.1, 0.15) is 18.4 Å². The lowest BCUT2D eigenvalue weighted by Gasteiger charge is -2.06. The van der Waals surface area contributed by atoms with Crippen LogP contribution in [-0.4, -0.2) is 27.7 Å². The minimum atomic E-state index is 0.0846. The number of aryl methyl sites for hydroxylation is 1. The Bertz CT molecular complexity index is 885. The van der Waals surface area contributed by atoms with Crippen LogP contribution in [0, 0.1) is 6.92 Å². The van der Waals surface area contributed by atoms with Gasteiger partial charge < -0.3 is 5.32 Å². The average Bonchev–Trinajstić information content (AvgIpc) is 3.29. The maximum Gasteiger partial charge on any atom is 0.230 e. The number of benzene rings is 1. The molecule has 2 heterocycles. The molecule has 0 saturated heterocycles. The molecule has 1 aromatic carbocycles. The number of carbonyl (C=O) groups is 1. The summed E-state index contributed by atoms with van der Waals surface area (Å²) in [5, 5.41) is 7.07. The highest BCUT2D eigenvalue weighted by atomic mass is 32.2. The summed E-state index contributed by atoms with van der Waals surface area (Å²) < 4.78 is 0. The van der Waals surface area contributed by atoms with E-state index in [0.717, 1.165) is 39.2 Å². The molecule has 24 heavy (non-hydrogen) atoms. The van der Waals surface area contributed by atoms with E-state index in [-0.39, 0.29) is 5.91 Å². The largest absolute Gasteiger partial charge is 0.353 e. The highest BCUT2D eigenvalue weighted by Crippen LogP contribution is 2.37. The molecule has 3 aromatic rings. The Morgan fingerprint density at radius 3 is 2.83 bits per heavy atom. The van der Waals surface area contributed by atoms with E-state index < -0.39 is 0 Å². The number of hydrogen-bond acceptors (Lipinski definition) is 5. The summed E-state index contributed by atoms with van der Waals surface area (Å²) in [4.78, 5) is 21.7. The zero-order chi connectivity index (χ0) is 16.5. The number of aromatic nitrogens is 2. The molecule has 1 amide bonds. The number of fused-ring (bicyclic) bond motifs is 1. The van der Waals surface area contributed by atoms with Gasteiger partial charge in [0.15, 0.2) is 0 Å². The van der Waals surface area contributed by atoms with E-state index >= 15 is 0 Å². The lowest BCUT2D eigenvalue weighted by Crippen LogP contribution is -2.27. The fourth-order valence-electron chi connectivity index (χ4n) is 2.53. The van der Waals surface area contributed by atoms with Crippen LogP contribution in [0.25, 0.3) is 21.3 Å². The van der Waals surface area contributed by atoms with Crippen LogP contribution < -0.4 is 5.32 Å². The molecule has 1 N–H and O–H groups in total. The highest BCUT2D eigenvalue weighted by molar-refractivity contribution is 8.00. The molecular weight excluding hydrogens is 338 g/mol. The van der Waals surface area contributed by atoms with Crippen LogP contribution in [0.5, 0.6) is 0 Å². The summed E-state index contributed by atoms with van der Waals surface area (Å²) in [6, 6.07) is 8.86. The second kappa shape index (κ2) is 6.53. The van der Waals surface area contributed by atoms with Crippen LogP contribution in [0.4, 0.5) is 0 Å². The lowest BCUT2D eigenvalue weighted by atomic mass is 10.1. The highest BCUT2D eigenvalue weighted by Gasteiger charge is 2.23. The van der Waals surface area contributed by atoms with E-state index in [1.165, 1.54) is 17.3 Å². The Morgan fingerprint density at radius 1 is 1.29 bits per heavy atom. The third-order valence-corrected chi connectivity index (χ3v) is 5.86. The lowest BCUT2D eigenvalue weighted by molar-refractivity contribution is -0.118. The first kappa shape index (κ1) is 15.6. The Hall–Kier alpha value is -1.92. The third-order valence-electron chi connectivity index (χ3n) is 3.98. The van der Waals surface area contributed by atoms with E-state index in [9.17, 15) is 4.79 Å². The summed E-state index contributed by atoms with van der Waals surface area (Å²) in [5.74, 6) is 0.479. The van der Waals surface area contributed by atoms with Gasteiger partial charge in [-0.05, 0) is 25.3 Å². The number of nitrogens with zero attached hydrogens (tertiary/aromatic N) is 2. The van der Waals surface area contributed by atoms with Crippen molar-refractivity contribution < 1.29 is 4.79 Å². The SMILES string of the molecule is Cc1ccc(-c2csc3ncnc(SCC(=O)NC4CC4)c23)cc1. The van der Waals surface area contributed by atoms with Gasteiger partial charge in [0.05, 0.1) is 11.1 Å². The number of rotatable bonds is 5. The molecule has 0 radical (unpaired) electrons. The Balaban J connectivity index is 1.63. The van der Waals surface area contributed by atoms with Crippen molar-refractivity contribution in [1.82, 2.24) is 15.3 Å². The summed E-state index contributed by atoms with van der Waals surface area (Å²) in [6.45, 7) is 2.08. The van der Waals surface area contributed by atoms with Gasteiger partial charge in [0.2, 0.25) is 5.91 Å². The Morgan fingerprint density at radius 2 is 2.08 bits per heavy atom. The van der Waals surface area contributed by atoms with Crippen LogP contribution >= 0.6 is 23.1 Å². The summed E-state index contributed by atoms with van der Waals surface area (Å²) in [5.41, 5.74) is 3.53. The first-order valence-corrected chi connectivity index (χ1v) is 9.78. The number of carbonyl (C=O) groups excluding carboxylic acids is 1. The molecule has 2 aromatic heterocycles. The zero-order valence-electron chi connectivity index (χ0n) is 13.3. The number of hydrogen-bond donors (Lipinski definition) is 1. The van der Waals surface area contributed by atoms with Crippen molar-refractivity contribution >= 4 is 39.2 Å². The monoisotopic (exact) mass is 355 g/mol. The molecule has 6 heteroatoms. The van der Waals surface area contributed by atoms with Gasteiger partial charge in [-0.1, -0.05) is 41.6 Å². The number of thioether (sulfide) groups is 1. The Kier molecular flexibility index (Phi) is 4.24. The number of thiophene rings is 1. The van der Waals surface area contributed by atoms with Gasteiger partial charge in [0, 0.05) is 17.0 Å². The van der Waals surface area contributed by atoms with E-state index in [2.05, 4.69) is 51.9 Å². The summed E-state index contributed by atoms with van der Waals surface area (Å²) in [7, 11) is 0. The molecule has 4 rings (SSSR count). The average molecular weight is 355 g/mol. The van der Waals surface area contributed by atoms with Gasteiger partial charge >= 0.3 is 0 Å². The molecule has 4 nitrogen and oxygen atoms in total. The normalized spacial score (nSPS) is 14.0. The van der Waals surface area contributed by atoms with Gasteiger partial charge in [-0.2, -0.15) is 0 Å². The first-order chi connectivity index (χ1) is 11.7. The number of nitrogens with one attached hydrogen (secondary N) is 1. The summed E-state index contributed by atoms with van der Waals surface area (Å²) in [6.07, 6.45) is 3.80. The molecule has 0 unspecified atom stereocenters. The standard InChI is InChI=1S/C18H17N3OS2/c1-11-2-4-12(5-3-11)14-8-23-17-16(14)18(20-10-19-17)24-9-15(22)21-13-6-7-13/h2-5,8,10,13H,6-7,9H2,1H3,(H,21,22). The topological polar surface area (TPSA) is 54.9 Å². The second-order valence-corrected chi connectivity index (χ2v) is 7.83. The minimum Gasteiger partial charge on any atom is -0.353 e. The maximum atomic E-state index is 12.0. The van der Waals surface area contributed by atoms with Crippen molar-refractivity contribution in [3.8, 4) is 11.1 Å². The first-order valence-electron chi connectivity index (χ1n) is 7.92. The van der Waals surface area contributed by atoms with Crippen molar-refractivity contribution in [1.29, 1.82) is 0 Å². The second-order valence-electron chi connectivity index (χ2n) is 6.00. The van der Waals surface area contributed by atoms with Crippen LogP contribution in [0.3, 0.4) is 0 Å². The molecule has 1 fully saturated rings. The molecule has 0 aliphatic heterocycles. The molecule has 0 spiro atoms. The van der Waals surface area contributed by atoms with Gasteiger partial charge in [0.1, 0.15) is 16.2 Å². The molecule has 1 aliphatic carbocycles. The van der Waals surface area contributed by atoms with Crippen LogP contribution in [-0.2, 0) is 4.79 Å². The molecule has 0 atom stereocenters. The predicted octanol–water partition coefficient (Wildman–Crippen LogP) is 4.04. The minimum absolute atomic E-state index is 0.0846. The molecule has 1 saturated carbocycles. The smallest absolute Gasteiger partial charge is 0.230 e. The zero-order valence-corrected chi connectivity index (χ0v) is 14.9. The van der Waals surface area contributed by atoms with Crippen LogP contribution in [0.15, 0.2) is 41.0 Å². The van der Waals surface area contributed by atoms with Crippen LogP contribution in [0.2, 0.25) is 0 Å². The van der Waals surface area contributed by atoms with Crippen molar-refractivity contribution in [2.75, 3.05) is 5.75 Å². The fraction of sp³-hybridized carbons (Fsp3) is 0.278. The third kappa shape index (κ3) is 3.30. The van der Waals surface area contributed by atoms with Gasteiger partial charge in [0.25, 0.3) is 0 Å². The molecule has 0 bridgehead atoms. The van der Waals surface area contributed by atoms with Crippen molar-refractivity contribution in [2.45, 2.75) is 30.8 Å². The molecule has 122 valence electrons. The fourth-order valence-corrected chi connectivity index (χ4v) is 4.34. The predicted molar refractivity (Wildman–Crippen MR) is 99.5 cm³/mol. The Labute approximate surface area is 148 Å². The quantitative estimate of drug-likeness (QED) is 0.554. The van der Waals surface area contributed by atoms with E-state index in [1.54, 1.807) is 17.7 Å². The summed E-state index contributed by atoms with van der Waals surface area (Å²) >= 11 is 3.10. The maximum absolute atomic E-state index is 12.0. The van der Waals surface area contributed by atoms with E-state index in [1.807, 2.05) is 0 Å². The molecular formula is C18H17N3OS2. The molecule has 1 aliphatic rings. The number of amides is 1. The van der Waals surface area contributed by atoms with Crippen molar-refractivity contribution in [3.05, 3.63) is 41.5 Å². The van der Waals surface area contributed by atoms with Gasteiger partial charge in [-0.25, -0.2) is 9.97 Å². The van der Waals surface area contributed by atoms with Gasteiger partial charge in [-0.15, -0.1) is 11.3 Å². The van der Waals surface area contributed by atoms with E-state index in [0.29, 0.717) is 11.8 Å². The van der Waals surface area contributed by atoms with Crippen molar-refractivity contribution in [3.63, 3.8) is 0 Å².